The Morgan fingerprint density at radius 3 is 2.18 bits per heavy atom. The molecule has 0 bridgehead atoms. The molecule has 0 aliphatic heterocycles. The topological polar surface area (TPSA) is 105 Å². The van der Waals surface area contributed by atoms with Crippen LogP contribution in [0.1, 0.15) is 10.4 Å². The van der Waals surface area contributed by atoms with Crippen molar-refractivity contribution in [3.05, 3.63) is 84.4 Å². The third kappa shape index (κ3) is 4.48. The summed E-state index contributed by atoms with van der Waals surface area (Å²) in [5.74, 6) is 0.228. The van der Waals surface area contributed by atoms with Crippen LogP contribution in [0.2, 0.25) is 0 Å². The monoisotopic (exact) mass is 472 g/mol. The van der Waals surface area contributed by atoms with Gasteiger partial charge in [-0.1, -0.05) is 42.5 Å². The van der Waals surface area contributed by atoms with E-state index in [2.05, 4.69) is 20.5 Å². The summed E-state index contributed by atoms with van der Waals surface area (Å²) in [6, 6.07) is 19.5. The van der Waals surface area contributed by atoms with E-state index in [9.17, 15) is 26.4 Å². The van der Waals surface area contributed by atoms with Crippen LogP contribution in [0.5, 0.6) is 0 Å². The van der Waals surface area contributed by atoms with Crippen molar-refractivity contribution in [3.63, 3.8) is 0 Å². The van der Waals surface area contributed by atoms with Crippen molar-refractivity contribution in [1.82, 2.24) is 15.2 Å². The molecule has 168 valence electrons. The normalized spacial score (nSPS) is 11.8. The molecule has 2 N–H and O–H groups in total. The maximum atomic E-state index is 12.7. The fourth-order valence-electron chi connectivity index (χ4n) is 3.01. The first-order chi connectivity index (χ1) is 15.7. The molecule has 0 fully saturated rings. The number of nitrogens with zero attached hydrogens (tertiary/aromatic N) is 2. The van der Waals surface area contributed by atoms with Gasteiger partial charge < -0.3 is 5.32 Å². The smallest absolute Gasteiger partial charge is 0.321 e. The van der Waals surface area contributed by atoms with Crippen LogP contribution in [-0.2, 0) is 9.84 Å². The number of H-pyrrole nitrogens is 1. The predicted octanol–water partition coefficient (Wildman–Crippen LogP) is 4.68. The van der Waals surface area contributed by atoms with Gasteiger partial charge in [0.05, 0.1) is 10.6 Å². The lowest BCUT2D eigenvalue weighted by Gasteiger charge is -2.11. The Morgan fingerprint density at radius 1 is 0.879 bits per heavy atom. The van der Waals surface area contributed by atoms with Crippen molar-refractivity contribution >= 4 is 21.4 Å². The van der Waals surface area contributed by atoms with E-state index in [4.69, 9.17) is 0 Å². The number of carbonyl (C=O) groups is 1. The highest BCUT2D eigenvalue weighted by Gasteiger charge is 2.46. The highest BCUT2D eigenvalue weighted by Crippen LogP contribution is 2.31. The molecule has 33 heavy (non-hydrogen) atoms. The molecule has 4 rings (SSSR count). The number of alkyl halides is 3. The first kappa shape index (κ1) is 22.2. The van der Waals surface area contributed by atoms with Gasteiger partial charge in [0.1, 0.15) is 0 Å². The molecule has 0 saturated carbocycles. The average molecular weight is 472 g/mol. The van der Waals surface area contributed by atoms with Crippen LogP contribution < -0.4 is 5.32 Å². The number of rotatable bonds is 5. The molecule has 0 saturated heterocycles. The number of aromatic amines is 1. The van der Waals surface area contributed by atoms with E-state index < -0.39 is 26.1 Å². The number of para-hydroxylation sites is 1. The fourth-order valence-corrected chi connectivity index (χ4v) is 3.77. The quantitative estimate of drug-likeness (QED) is 0.439. The Morgan fingerprint density at radius 2 is 1.52 bits per heavy atom. The molecule has 0 unspecified atom stereocenters. The Bertz CT molecular complexity index is 1400. The van der Waals surface area contributed by atoms with Crippen LogP contribution in [0.15, 0.2) is 83.8 Å². The average Bonchev–Trinajstić information content (AvgIpc) is 3.29. The summed E-state index contributed by atoms with van der Waals surface area (Å²) in [4.78, 5) is 16.2. The molecule has 1 heterocycles. The second kappa shape index (κ2) is 8.51. The number of anilines is 1. The Kier molecular flexibility index (Phi) is 5.73. The third-order valence-corrected chi connectivity index (χ3v) is 6.18. The Labute approximate surface area is 186 Å². The number of hydrogen-bond acceptors (Lipinski definition) is 5. The van der Waals surface area contributed by atoms with Gasteiger partial charge in [0.25, 0.3) is 15.7 Å². The first-order valence-electron chi connectivity index (χ1n) is 9.47. The van der Waals surface area contributed by atoms with Crippen LogP contribution >= 0.6 is 0 Å². The van der Waals surface area contributed by atoms with Gasteiger partial charge in [-0.3, -0.25) is 9.89 Å². The molecule has 11 heteroatoms. The zero-order valence-electron chi connectivity index (χ0n) is 16.7. The van der Waals surface area contributed by atoms with Gasteiger partial charge >= 0.3 is 5.51 Å². The SMILES string of the molecule is O=C(Nc1ccccc1-c1nc(-c2ccccc2)n[nH]1)c1ccc(S(=O)(=O)C(F)(F)F)cc1. The standard InChI is InChI=1S/C22H15F3N4O3S/c23-22(24,25)33(31,32)16-12-10-15(11-13-16)21(30)26-18-9-5-4-8-17(18)20-27-19(28-29-20)14-6-2-1-3-7-14/h1-13H,(H,26,30)(H,27,28,29). The molecule has 0 aliphatic carbocycles. The summed E-state index contributed by atoms with van der Waals surface area (Å²) in [7, 11) is -5.49. The Balaban J connectivity index is 1.58. The number of benzene rings is 3. The molecule has 0 aliphatic rings. The van der Waals surface area contributed by atoms with Gasteiger partial charge in [-0.2, -0.15) is 18.3 Å². The van der Waals surface area contributed by atoms with Gasteiger partial charge in [-0.25, -0.2) is 13.4 Å². The number of nitrogens with one attached hydrogen (secondary N) is 2. The van der Waals surface area contributed by atoms with Gasteiger partial charge in [0.15, 0.2) is 11.6 Å². The van der Waals surface area contributed by atoms with E-state index in [0.29, 0.717) is 22.9 Å². The van der Waals surface area contributed by atoms with Crippen LogP contribution in [0.4, 0.5) is 18.9 Å². The number of halogens is 3. The maximum Gasteiger partial charge on any atom is 0.501 e. The van der Waals surface area contributed by atoms with Crippen LogP contribution in [0.3, 0.4) is 0 Å². The summed E-state index contributed by atoms with van der Waals surface area (Å²) < 4.78 is 61.1. The minimum Gasteiger partial charge on any atom is -0.321 e. The lowest BCUT2D eigenvalue weighted by molar-refractivity contribution is -0.0436. The molecule has 1 amide bonds. The minimum atomic E-state index is -5.49. The molecule has 0 radical (unpaired) electrons. The second-order valence-corrected chi connectivity index (χ2v) is 8.79. The highest BCUT2D eigenvalue weighted by atomic mass is 32.2. The van der Waals surface area contributed by atoms with E-state index in [1.807, 2.05) is 30.3 Å². The number of sulfone groups is 1. The highest BCUT2D eigenvalue weighted by molar-refractivity contribution is 7.92. The number of carbonyl (C=O) groups excluding carboxylic acids is 1. The molecular formula is C22H15F3N4O3S. The van der Waals surface area contributed by atoms with Crippen molar-refractivity contribution in [2.75, 3.05) is 5.32 Å². The summed E-state index contributed by atoms with van der Waals surface area (Å²) in [6.07, 6.45) is 0. The van der Waals surface area contributed by atoms with E-state index in [1.54, 1.807) is 24.3 Å². The van der Waals surface area contributed by atoms with Crippen molar-refractivity contribution < 1.29 is 26.4 Å². The van der Waals surface area contributed by atoms with Gasteiger partial charge in [-0.15, -0.1) is 0 Å². The predicted molar refractivity (Wildman–Crippen MR) is 115 cm³/mol. The Hall–Kier alpha value is -3.99. The summed E-state index contributed by atoms with van der Waals surface area (Å²) in [5.41, 5.74) is -3.73. The molecule has 7 nitrogen and oxygen atoms in total. The van der Waals surface area contributed by atoms with Crippen molar-refractivity contribution in [3.8, 4) is 22.8 Å². The van der Waals surface area contributed by atoms with Crippen LogP contribution in [-0.4, -0.2) is 35.0 Å². The van der Waals surface area contributed by atoms with Crippen LogP contribution in [0, 0.1) is 0 Å². The summed E-state index contributed by atoms with van der Waals surface area (Å²) in [5, 5.41) is 9.69. The number of aromatic nitrogens is 3. The lowest BCUT2D eigenvalue weighted by Crippen LogP contribution is -2.23. The molecule has 4 aromatic rings. The number of hydrogen-bond donors (Lipinski definition) is 2. The molecule has 3 aromatic carbocycles. The van der Waals surface area contributed by atoms with Crippen molar-refractivity contribution in [1.29, 1.82) is 0 Å². The fraction of sp³-hybridized carbons (Fsp3) is 0.0455. The van der Waals surface area contributed by atoms with Gasteiger partial charge in [0.2, 0.25) is 0 Å². The van der Waals surface area contributed by atoms with E-state index in [0.717, 1.165) is 29.8 Å². The maximum absolute atomic E-state index is 12.7. The van der Waals surface area contributed by atoms with Crippen LogP contribution in [0.25, 0.3) is 22.8 Å². The minimum absolute atomic E-state index is 0.0199. The molecule has 0 spiro atoms. The molecule has 0 atom stereocenters. The van der Waals surface area contributed by atoms with E-state index in [1.165, 1.54) is 0 Å². The first-order valence-corrected chi connectivity index (χ1v) is 10.9. The third-order valence-electron chi connectivity index (χ3n) is 4.68. The van der Waals surface area contributed by atoms with Gasteiger partial charge in [-0.05, 0) is 36.4 Å². The van der Waals surface area contributed by atoms with Crippen molar-refractivity contribution in [2.45, 2.75) is 10.4 Å². The zero-order valence-corrected chi connectivity index (χ0v) is 17.5. The van der Waals surface area contributed by atoms with E-state index in [-0.39, 0.29) is 5.56 Å². The van der Waals surface area contributed by atoms with Gasteiger partial charge in [0, 0.05) is 16.7 Å². The zero-order chi connectivity index (χ0) is 23.6. The largest absolute Gasteiger partial charge is 0.501 e. The second-order valence-electron chi connectivity index (χ2n) is 6.85. The number of amides is 1. The molecular weight excluding hydrogens is 457 g/mol. The lowest BCUT2D eigenvalue weighted by atomic mass is 10.1. The summed E-state index contributed by atoms with van der Waals surface area (Å²) >= 11 is 0. The van der Waals surface area contributed by atoms with Crippen molar-refractivity contribution in [2.24, 2.45) is 0 Å². The molecule has 1 aromatic heterocycles. The van der Waals surface area contributed by atoms with E-state index >= 15 is 0 Å². The summed E-state index contributed by atoms with van der Waals surface area (Å²) in [6.45, 7) is 0.